The van der Waals surface area contributed by atoms with E-state index in [9.17, 15) is 14.4 Å². The molecular weight excluding hydrogens is 354 g/mol. The minimum atomic E-state index is -0.657. The van der Waals surface area contributed by atoms with E-state index in [0.717, 1.165) is 17.8 Å². The normalized spacial score (nSPS) is 17.0. The van der Waals surface area contributed by atoms with Crippen molar-refractivity contribution in [1.82, 2.24) is 4.98 Å². The molecule has 0 spiro atoms. The molecule has 3 rings (SSSR count). The number of hydrogen-bond donors (Lipinski definition) is 0. The zero-order valence-electron chi connectivity index (χ0n) is 13.7. The highest BCUT2D eigenvalue weighted by atomic mass is 32.2. The molecule has 1 aromatic carbocycles. The molecule has 1 aliphatic heterocycles. The van der Waals surface area contributed by atoms with Crippen LogP contribution in [0.4, 0.5) is 5.69 Å². The van der Waals surface area contributed by atoms with Crippen molar-refractivity contribution >= 4 is 40.4 Å². The van der Waals surface area contributed by atoms with Crippen LogP contribution in [0.15, 0.2) is 70.8 Å². The summed E-state index contributed by atoms with van der Waals surface area (Å²) < 4.78 is 4.57. The molecule has 2 heterocycles. The Balaban J connectivity index is 2.01. The maximum absolute atomic E-state index is 12.7. The summed E-state index contributed by atoms with van der Waals surface area (Å²) >= 11 is 0.939. The van der Waals surface area contributed by atoms with E-state index in [2.05, 4.69) is 14.7 Å². The largest absolute Gasteiger partial charge is 0.466 e. The van der Waals surface area contributed by atoms with Crippen LogP contribution >= 0.6 is 11.8 Å². The lowest BCUT2D eigenvalue weighted by Crippen LogP contribution is -2.29. The highest BCUT2D eigenvalue weighted by Gasteiger charge is 2.35. The van der Waals surface area contributed by atoms with Gasteiger partial charge in [0, 0.05) is 24.0 Å². The van der Waals surface area contributed by atoms with Crippen molar-refractivity contribution in [2.75, 3.05) is 12.0 Å². The van der Waals surface area contributed by atoms with Gasteiger partial charge >= 0.3 is 5.97 Å². The molecule has 1 aliphatic rings. The molecule has 26 heavy (non-hydrogen) atoms. The van der Waals surface area contributed by atoms with E-state index in [4.69, 9.17) is 0 Å². The number of carbonyl (C=O) groups is 3. The van der Waals surface area contributed by atoms with E-state index in [1.54, 1.807) is 30.3 Å². The van der Waals surface area contributed by atoms with Crippen molar-refractivity contribution in [2.24, 2.45) is 4.99 Å². The zero-order valence-corrected chi connectivity index (χ0v) is 14.5. The first-order chi connectivity index (χ1) is 12.6. The number of aliphatic imine (C=N–C) groups is 1. The van der Waals surface area contributed by atoms with Crippen LogP contribution in [0.25, 0.3) is 0 Å². The number of hydrogen-bond acceptors (Lipinski definition) is 6. The van der Waals surface area contributed by atoms with Gasteiger partial charge in [0.15, 0.2) is 5.17 Å². The summed E-state index contributed by atoms with van der Waals surface area (Å²) in [7, 11) is 1.22. The number of benzene rings is 1. The van der Waals surface area contributed by atoms with Gasteiger partial charge < -0.3 is 4.74 Å². The van der Waals surface area contributed by atoms with Crippen molar-refractivity contribution in [2.45, 2.75) is 0 Å². The second-order valence-electron chi connectivity index (χ2n) is 5.05. The van der Waals surface area contributed by atoms with Gasteiger partial charge in [-0.1, -0.05) is 18.2 Å². The highest BCUT2D eigenvalue weighted by molar-refractivity contribution is 8.19. The van der Waals surface area contributed by atoms with Gasteiger partial charge in [-0.25, -0.2) is 4.79 Å². The van der Waals surface area contributed by atoms with Gasteiger partial charge in [0.25, 0.3) is 11.8 Å². The summed E-state index contributed by atoms with van der Waals surface area (Å²) in [6.07, 6.45) is 4.05. The lowest BCUT2D eigenvalue weighted by atomic mass is 10.2. The molecule has 0 aliphatic carbocycles. The van der Waals surface area contributed by atoms with E-state index in [1.165, 1.54) is 36.5 Å². The summed E-state index contributed by atoms with van der Waals surface area (Å²) in [6.45, 7) is 0. The molecule has 130 valence electrons. The standard InChI is InChI=1S/C18H13N3O4S/c1-25-15(22)11-14-17(24)21(13-5-3-2-4-6-13)18(26-14)20-16(23)12-7-9-19-10-8-12/h2-11H,1H3. The summed E-state index contributed by atoms with van der Waals surface area (Å²) in [5.41, 5.74) is 0.888. The first-order valence-electron chi connectivity index (χ1n) is 7.50. The predicted molar refractivity (Wildman–Crippen MR) is 97.6 cm³/mol. The smallest absolute Gasteiger partial charge is 0.331 e. The Bertz CT molecular complexity index is 911. The molecule has 0 bridgehead atoms. The number of nitrogens with zero attached hydrogens (tertiary/aromatic N) is 3. The Morgan fingerprint density at radius 3 is 2.50 bits per heavy atom. The number of rotatable bonds is 3. The van der Waals surface area contributed by atoms with Crippen LogP contribution in [-0.2, 0) is 14.3 Å². The predicted octanol–water partition coefficient (Wildman–Crippen LogP) is 2.41. The van der Waals surface area contributed by atoms with Crippen molar-refractivity contribution in [3.8, 4) is 0 Å². The number of anilines is 1. The average Bonchev–Trinajstić information content (AvgIpc) is 2.97. The first kappa shape index (κ1) is 17.6. The van der Waals surface area contributed by atoms with Crippen molar-refractivity contribution in [3.63, 3.8) is 0 Å². The molecule has 0 N–H and O–H groups in total. The van der Waals surface area contributed by atoms with Crippen LogP contribution in [0.3, 0.4) is 0 Å². The third kappa shape index (κ3) is 3.70. The number of esters is 1. The topological polar surface area (TPSA) is 88.9 Å². The number of para-hydroxylation sites is 1. The molecule has 0 unspecified atom stereocenters. The zero-order chi connectivity index (χ0) is 18.5. The van der Waals surface area contributed by atoms with E-state index in [1.807, 2.05) is 0 Å². The van der Waals surface area contributed by atoms with Crippen LogP contribution in [0.1, 0.15) is 10.4 Å². The molecule has 7 nitrogen and oxygen atoms in total. The first-order valence-corrected chi connectivity index (χ1v) is 8.32. The van der Waals surface area contributed by atoms with E-state index in [-0.39, 0.29) is 10.1 Å². The fourth-order valence-corrected chi connectivity index (χ4v) is 3.10. The lowest BCUT2D eigenvalue weighted by Gasteiger charge is -2.15. The minimum absolute atomic E-state index is 0.127. The number of methoxy groups -OCH3 is 1. The molecule has 0 radical (unpaired) electrons. The van der Waals surface area contributed by atoms with Gasteiger partial charge in [0.2, 0.25) is 0 Å². The Morgan fingerprint density at radius 2 is 1.85 bits per heavy atom. The van der Waals surface area contributed by atoms with Crippen LogP contribution in [0, 0.1) is 0 Å². The van der Waals surface area contributed by atoms with Gasteiger partial charge in [-0.3, -0.25) is 19.5 Å². The van der Waals surface area contributed by atoms with Crippen LogP contribution < -0.4 is 4.90 Å². The SMILES string of the molecule is COC(=O)C=C1SC(=NC(=O)c2ccncc2)N(c2ccccc2)C1=O. The van der Waals surface area contributed by atoms with E-state index in [0.29, 0.717) is 11.3 Å². The molecule has 1 aromatic heterocycles. The van der Waals surface area contributed by atoms with Crippen LogP contribution in [0.2, 0.25) is 0 Å². The van der Waals surface area contributed by atoms with Crippen molar-refractivity contribution in [1.29, 1.82) is 0 Å². The van der Waals surface area contributed by atoms with Gasteiger partial charge in [0.05, 0.1) is 17.7 Å². The van der Waals surface area contributed by atoms with E-state index < -0.39 is 17.8 Å². The van der Waals surface area contributed by atoms with Gasteiger partial charge in [-0.05, 0) is 36.0 Å². The summed E-state index contributed by atoms with van der Waals surface area (Å²) in [6, 6.07) is 11.8. The molecule has 0 saturated carbocycles. The fraction of sp³-hybridized carbons (Fsp3) is 0.0556. The molecule has 2 amide bonds. The number of ether oxygens (including phenoxy) is 1. The number of aromatic nitrogens is 1. The number of pyridine rings is 1. The van der Waals surface area contributed by atoms with Gasteiger partial charge in [-0.2, -0.15) is 4.99 Å². The van der Waals surface area contributed by atoms with Crippen LogP contribution in [0.5, 0.6) is 0 Å². The molecule has 0 atom stereocenters. The molecule has 2 aromatic rings. The third-order valence-corrected chi connectivity index (χ3v) is 4.36. The highest BCUT2D eigenvalue weighted by Crippen LogP contribution is 2.35. The quantitative estimate of drug-likeness (QED) is 0.611. The molecular formula is C18H13N3O4S. The second-order valence-corrected chi connectivity index (χ2v) is 6.05. The number of amides is 2. The van der Waals surface area contributed by atoms with E-state index >= 15 is 0 Å². The number of amidine groups is 1. The second kappa shape index (κ2) is 7.75. The van der Waals surface area contributed by atoms with Gasteiger partial charge in [-0.15, -0.1) is 0 Å². The monoisotopic (exact) mass is 367 g/mol. The minimum Gasteiger partial charge on any atom is -0.466 e. The Hall–Kier alpha value is -3.26. The van der Waals surface area contributed by atoms with Crippen molar-refractivity contribution < 1.29 is 19.1 Å². The lowest BCUT2D eigenvalue weighted by molar-refractivity contribution is -0.135. The summed E-state index contributed by atoms with van der Waals surface area (Å²) in [4.78, 5) is 46.0. The Morgan fingerprint density at radius 1 is 1.15 bits per heavy atom. The number of thioether (sulfide) groups is 1. The maximum atomic E-state index is 12.7. The Kier molecular flexibility index (Phi) is 5.23. The van der Waals surface area contributed by atoms with Gasteiger partial charge in [0.1, 0.15) is 0 Å². The molecule has 1 fully saturated rings. The maximum Gasteiger partial charge on any atom is 0.331 e. The Labute approximate surface area is 153 Å². The third-order valence-electron chi connectivity index (χ3n) is 3.40. The molecule has 1 saturated heterocycles. The molecule has 8 heteroatoms. The summed E-state index contributed by atoms with van der Waals surface area (Å²) in [5, 5.41) is 0.165. The fourth-order valence-electron chi connectivity index (χ4n) is 2.17. The number of carbonyl (C=O) groups excluding carboxylic acids is 3. The van der Waals surface area contributed by atoms with Crippen molar-refractivity contribution in [3.05, 3.63) is 71.4 Å². The average molecular weight is 367 g/mol. The van der Waals surface area contributed by atoms with Crippen LogP contribution in [-0.4, -0.2) is 35.0 Å². The summed E-state index contributed by atoms with van der Waals surface area (Å²) in [5.74, 6) is -1.62.